The van der Waals surface area contributed by atoms with Crippen molar-refractivity contribution in [2.24, 2.45) is 5.92 Å². The van der Waals surface area contributed by atoms with E-state index in [9.17, 15) is 4.79 Å². The minimum Gasteiger partial charge on any atom is -0.452 e. The molecule has 1 aliphatic carbocycles. The summed E-state index contributed by atoms with van der Waals surface area (Å²) in [6, 6.07) is 0. The van der Waals surface area contributed by atoms with Crippen molar-refractivity contribution in [2.75, 3.05) is 0 Å². The first-order chi connectivity index (χ1) is 5.52. The van der Waals surface area contributed by atoms with Crippen LogP contribution in [0, 0.1) is 5.92 Å². The fourth-order valence-corrected chi connectivity index (χ4v) is 2.24. The van der Waals surface area contributed by atoms with Gasteiger partial charge in [-0.1, -0.05) is 6.92 Å². The summed E-state index contributed by atoms with van der Waals surface area (Å²) in [5, 5.41) is 0. The van der Waals surface area contributed by atoms with Gasteiger partial charge >= 0.3 is 5.97 Å². The van der Waals surface area contributed by atoms with Crippen molar-refractivity contribution in [3.63, 3.8) is 0 Å². The third-order valence-corrected chi connectivity index (χ3v) is 2.94. The molecule has 0 amide bonds. The molecule has 0 aromatic rings. The molecular weight excluding hydrogens is 152 g/mol. The van der Waals surface area contributed by atoms with Crippen molar-refractivity contribution >= 4 is 5.97 Å². The van der Waals surface area contributed by atoms with Gasteiger partial charge in [0.15, 0.2) is 0 Å². The number of hydrogen-bond acceptors (Lipinski definition) is 2. The van der Waals surface area contributed by atoms with Crippen LogP contribution in [0.5, 0.6) is 0 Å². The summed E-state index contributed by atoms with van der Waals surface area (Å²) in [6.45, 7) is 6.06. The average Bonchev–Trinajstić information content (AvgIpc) is 2.38. The Kier molecular flexibility index (Phi) is 1.39. The zero-order valence-corrected chi connectivity index (χ0v) is 7.81. The fourth-order valence-electron chi connectivity index (χ4n) is 2.24. The third kappa shape index (κ3) is 0.838. The molecule has 0 saturated carbocycles. The molecule has 0 aromatic carbocycles. The number of ether oxygens (including phenoxy) is 1. The minimum absolute atomic E-state index is 0.0833. The van der Waals surface area contributed by atoms with E-state index >= 15 is 0 Å². The van der Waals surface area contributed by atoms with Crippen molar-refractivity contribution < 1.29 is 9.53 Å². The molecule has 0 bridgehead atoms. The first-order valence-corrected chi connectivity index (χ1v) is 4.49. The Bertz CT molecular complexity index is 274. The molecule has 0 radical (unpaired) electrons. The lowest BCUT2D eigenvalue weighted by molar-refractivity contribution is -0.145. The van der Waals surface area contributed by atoms with Gasteiger partial charge in [0, 0.05) is 5.57 Å². The zero-order valence-electron chi connectivity index (χ0n) is 7.81. The molecule has 2 heteroatoms. The van der Waals surface area contributed by atoms with Gasteiger partial charge in [0.05, 0.1) is 0 Å². The Labute approximate surface area is 72.6 Å². The summed E-state index contributed by atoms with van der Waals surface area (Å²) in [4.78, 5) is 11.4. The molecule has 0 spiro atoms. The SMILES string of the molecule is C[C@@H]1CCC2=C1C(=O)OC2(C)C. The van der Waals surface area contributed by atoms with Crippen LogP contribution >= 0.6 is 0 Å². The Morgan fingerprint density at radius 2 is 2.17 bits per heavy atom. The largest absolute Gasteiger partial charge is 0.452 e. The highest BCUT2D eigenvalue weighted by Gasteiger charge is 2.44. The molecule has 1 aliphatic heterocycles. The summed E-state index contributed by atoms with van der Waals surface area (Å²) in [5.41, 5.74) is 1.87. The van der Waals surface area contributed by atoms with Crippen LogP contribution in [0.2, 0.25) is 0 Å². The minimum atomic E-state index is -0.322. The van der Waals surface area contributed by atoms with Gasteiger partial charge in [-0.2, -0.15) is 0 Å². The van der Waals surface area contributed by atoms with E-state index in [1.165, 1.54) is 5.57 Å². The van der Waals surface area contributed by atoms with Crippen LogP contribution < -0.4 is 0 Å². The molecule has 0 fully saturated rings. The average molecular weight is 166 g/mol. The predicted octanol–water partition coefficient (Wildman–Crippen LogP) is 2.05. The van der Waals surface area contributed by atoms with Gasteiger partial charge in [-0.3, -0.25) is 0 Å². The number of hydrogen-bond donors (Lipinski definition) is 0. The Hall–Kier alpha value is -0.790. The molecule has 66 valence electrons. The number of carbonyl (C=O) groups excluding carboxylic acids is 1. The summed E-state index contributed by atoms with van der Waals surface area (Å²) in [5.74, 6) is 0.328. The molecule has 1 atom stereocenters. The van der Waals surface area contributed by atoms with Crippen molar-refractivity contribution in [1.82, 2.24) is 0 Å². The van der Waals surface area contributed by atoms with Crippen LogP contribution in [0.3, 0.4) is 0 Å². The van der Waals surface area contributed by atoms with Crippen molar-refractivity contribution in [1.29, 1.82) is 0 Å². The molecule has 0 aromatic heterocycles. The zero-order chi connectivity index (χ0) is 8.93. The van der Waals surface area contributed by atoms with Crippen LogP contribution in [-0.4, -0.2) is 11.6 Å². The second-order valence-corrected chi connectivity index (χ2v) is 4.23. The van der Waals surface area contributed by atoms with E-state index in [-0.39, 0.29) is 11.6 Å². The van der Waals surface area contributed by atoms with Crippen LogP contribution in [0.1, 0.15) is 33.6 Å². The molecule has 1 heterocycles. The Balaban J connectivity index is 2.45. The molecular formula is C10H14O2. The smallest absolute Gasteiger partial charge is 0.335 e. The number of carbonyl (C=O) groups is 1. The van der Waals surface area contributed by atoms with Crippen LogP contribution in [-0.2, 0) is 9.53 Å². The molecule has 0 saturated heterocycles. The monoisotopic (exact) mass is 166 g/mol. The van der Waals surface area contributed by atoms with Crippen LogP contribution in [0.4, 0.5) is 0 Å². The standard InChI is InChI=1S/C10H14O2/c1-6-4-5-7-8(6)9(11)12-10(7,2)3/h6H,4-5H2,1-3H3/t6-/m1/s1. The second kappa shape index (κ2) is 2.12. The van der Waals surface area contributed by atoms with Gasteiger partial charge in [0.25, 0.3) is 0 Å². The van der Waals surface area contributed by atoms with Gasteiger partial charge in [0.2, 0.25) is 0 Å². The van der Waals surface area contributed by atoms with Gasteiger partial charge in [-0.05, 0) is 38.2 Å². The summed E-state index contributed by atoms with van der Waals surface area (Å²) >= 11 is 0. The van der Waals surface area contributed by atoms with Crippen LogP contribution in [0.25, 0.3) is 0 Å². The van der Waals surface area contributed by atoms with E-state index in [0.717, 1.165) is 18.4 Å². The van der Waals surface area contributed by atoms with Crippen molar-refractivity contribution in [3.05, 3.63) is 11.1 Å². The highest BCUT2D eigenvalue weighted by molar-refractivity contribution is 5.94. The maximum absolute atomic E-state index is 11.4. The highest BCUT2D eigenvalue weighted by atomic mass is 16.6. The lowest BCUT2D eigenvalue weighted by Crippen LogP contribution is -2.23. The highest BCUT2D eigenvalue weighted by Crippen LogP contribution is 2.44. The van der Waals surface area contributed by atoms with Gasteiger partial charge in [-0.15, -0.1) is 0 Å². The Morgan fingerprint density at radius 1 is 1.50 bits per heavy atom. The number of rotatable bonds is 0. The summed E-state index contributed by atoms with van der Waals surface area (Å²) < 4.78 is 5.27. The summed E-state index contributed by atoms with van der Waals surface area (Å²) in [6.07, 6.45) is 2.15. The molecule has 0 N–H and O–H groups in total. The second-order valence-electron chi connectivity index (χ2n) is 4.23. The van der Waals surface area contributed by atoms with E-state index in [1.54, 1.807) is 0 Å². The maximum Gasteiger partial charge on any atom is 0.335 e. The van der Waals surface area contributed by atoms with E-state index in [2.05, 4.69) is 6.92 Å². The maximum atomic E-state index is 11.4. The molecule has 2 rings (SSSR count). The summed E-state index contributed by atoms with van der Waals surface area (Å²) in [7, 11) is 0. The van der Waals surface area contributed by atoms with Gasteiger partial charge in [-0.25, -0.2) is 4.79 Å². The molecule has 2 nitrogen and oxygen atoms in total. The molecule has 12 heavy (non-hydrogen) atoms. The topological polar surface area (TPSA) is 26.3 Å². The van der Waals surface area contributed by atoms with E-state index in [0.29, 0.717) is 5.92 Å². The van der Waals surface area contributed by atoms with E-state index < -0.39 is 0 Å². The van der Waals surface area contributed by atoms with E-state index in [1.807, 2.05) is 13.8 Å². The first-order valence-electron chi connectivity index (χ1n) is 4.49. The van der Waals surface area contributed by atoms with Crippen LogP contribution in [0.15, 0.2) is 11.1 Å². The first kappa shape index (κ1) is 7.84. The van der Waals surface area contributed by atoms with Gasteiger partial charge < -0.3 is 4.74 Å². The molecule has 2 aliphatic rings. The van der Waals surface area contributed by atoms with Crippen molar-refractivity contribution in [2.45, 2.75) is 39.2 Å². The quantitative estimate of drug-likeness (QED) is 0.515. The fraction of sp³-hybridized carbons (Fsp3) is 0.700. The lowest BCUT2D eigenvalue weighted by atomic mass is 9.96. The van der Waals surface area contributed by atoms with Crippen molar-refractivity contribution in [3.8, 4) is 0 Å². The number of cyclic esters (lactones) is 1. The lowest BCUT2D eigenvalue weighted by Gasteiger charge is -2.20. The van der Waals surface area contributed by atoms with Gasteiger partial charge in [0.1, 0.15) is 5.60 Å². The molecule has 0 unspecified atom stereocenters. The predicted molar refractivity (Wildman–Crippen MR) is 45.6 cm³/mol. The Morgan fingerprint density at radius 3 is 2.75 bits per heavy atom. The normalized spacial score (nSPS) is 32.2. The number of esters is 1. The third-order valence-electron chi connectivity index (χ3n) is 2.94. The van der Waals surface area contributed by atoms with E-state index in [4.69, 9.17) is 4.74 Å².